The molecule has 0 aromatic heterocycles. The first-order valence-corrected chi connectivity index (χ1v) is 7.80. The topological polar surface area (TPSA) is 73.2 Å². The minimum Gasteiger partial charge on any atom is -0.339 e. The predicted octanol–water partition coefficient (Wildman–Crippen LogP) is 3.29. The van der Waals surface area contributed by atoms with E-state index in [2.05, 4.69) is 5.32 Å². The van der Waals surface area contributed by atoms with Crippen molar-refractivity contribution >= 4 is 17.5 Å². The van der Waals surface area contributed by atoms with Crippen molar-refractivity contribution in [2.24, 2.45) is 0 Å². The molecule has 5 nitrogen and oxygen atoms in total. The highest BCUT2D eigenvalue weighted by atomic mass is 16.2. The Balaban J connectivity index is 2.14. The van der Waals surface area contributed by atoms with Crippen LogP contribution in [0.3, 0.4) is 0 Å². The van der Waals surface area contributed by atoms with Gasteiger partial charge in [-0.25, -0.2) is 0 Å². The highest BCUT2D eigenvalue weighted by Crippen LogP contribution is 2.15. The van der Waals surface area contributed by atoms with Gasteiger partial charge in [0, 0.05) is 24.2 Å². The second-order valence-electron chi connectivity index (χ2n) is 5.17. The molecular weight excluding hydrogens is 302 g/mol. The molecule has 2 aromatic carbocycles. The lowest BCUT2D eigenvalue weighted by Gasteiger charge is -2.18. The maximum atomic E-state index is 12.3. The lowest BCUT2D eigenvalue weighted by Crippen LogP contribution is -2.30. The van der Waals surface area contributed by atoms with Crippen LogP contribution in [0.4, 0.5) is 5.69 Å². The van der Waals surface area contributed by atoms with E-state index in [-0.39, 0.29) is 11.8 Å². The lowest BCUT2D eigenvalue weighted by atomic mass is 10.1. The van der Waals surface area contributed by atoms with Gasteiger partial charge in [0.1, 0.15) is 6.07 Å². The van der Waals surface area contributed by atoms with Crippen LogP contribution in [-0.4, -0.2) is 29.8 Å². The summed E-state index contributed by atoms with van der Waals surface area (Å²) in [6.45, 7) is 5.14. The van der Waals surface area contributed by atoms with Gasteiger partial charge < -0.3 is 10.2 Å². The summed E-state index contributed by atoms with van der Waals surface area (Å²) in [7, 11) is 0. The zero-order valence-electron chi connectivity index (χ0n) is 13.7. The van der Waals surface area contributed by atoms with Gasteiger partial charge in [0.05, 0.1) is 11.3 Å². The van der Waals surface area contributed by atoms with Crippen molar-refractivity contribution in [1.29, 1.82) is 5.26 Å². The number of hydrogen-bond donors (Lipinski definition) is 1. The summed E-state index contributed by atoms with van der Waals surface area (Å²) in [6.07, 6.45) is 0. The van der Waals surface area contributed by atoms with Gasteiger partial charge in [-0.05, 0) is 50.2 Å². The molecule has 0 bridgehead atoms. The molecule has 2 aromatic rings. The summed E-state index contributed by atoms with van der Waals surface area (Å²) >= 11 is 0. The van der Waals surface area contributed by atoms with Crippen molar-refractivity contribution in [2.75, 3.05) is 18.4 Å². The number of anilines is 1. The number of nitrogens with one attached hydrogen (secondary N) is 1. The number of carbonyl (C=O) groups is 2. The number of benzene rings is 2. The van der Waals surface area contributed by atoms with E-state index in [0.29, 0.717) is 35.5 Å². The Bertz CT molecular complexity index is 772. The van der Waals surface area contributed by atoms with E-state index in [1.165, 1.54) is 0 Å². The van der Waals surface area contributed by atoms with Crippen LogP contribution in [0.1, 0.15) is 40.1 Å². The van der Waals surface area contributed by atoms with Crippen LogP contribution in [0.5, 0.6) is 0 Å². The normalized spacial score (nSPS) is 9.88. The van der Waals surface area contributed by atoms with E-state index in [1.807, 2.05) is 19.9 Å². The van der Waals surface area contributed by atoms with Gasteiger partial charge in [-0.2, -0.15) is 5.26 Å². The SMILES string of the molecule is CCN(CC)C(=O)c1ccc(C(=O)Nc2ccccc2C#N)cc1. The van der Waals surface area contributed by atoms with Gasteiger partial charge >= 0.3 is 0 Å². The quantitative estimate of drug-likeness (QED) is 0.918. The van der Waals surface area contributed by atoms with Crippen LogP contribution in [0.2, 0.25) is 0 Å². The van der Waals surface area contributed by atoms with Crippen molar-refractivity contribution in [1.82, 2.24) is 4.90 Å². The molecule has 0 atom stereocenters. The first-order valence-electron chi connectivity index (χ1n) is 7.80. The molecule has 2 rings (SSSR count). The molecule has 0 heterocycles. The van der Waals surface area contributed by atoms with Crippen molar-refractivity contribution in [3.8, 4) is 6.07 Å². The Kier molecular flexibility index (Phi) is 5.69. The Labute approximate surface area is 141 Å². The van der Waals surface area contributed by atoms with Gasteiger partial charge in [0.2, 0.25) is 0 Å². The van der Waals surface area contributed by atoms with Gasteiger partial charge in [-0.1, -0.05) is 12.1 Å². The highest BCUT2D eigenvalue weighted by molar-refractivity contribution is 6.05. The largest absolute Gasteiger partial charge is 0.339 e. The molecular formula is C19H19N3O2. The van der Waals surface area contributed by atoms with Crippen molar-refractivity contribution in [3.63, 3.8) is 0 Å². The average Bonchev–Trinajstić information content (AvgIpc) is 2.63. The number of hydrogen-bond acceptors (Lipinski definition) is 3. The molecule has 0 aliphatic carbocycles. The third-order valence-electron chi connectivity index (χ3n) is 3.74. The Morgan fingerprint density at radius 2 is 1.58 bits per heavy atom. The van der Waals surface area contributed by atoms with Gasteiger partial charge in [-0.15, -0.1) is 0 Å². The summed E-state index contributed by atoms with van der Waals surface area (Å²) in [6, 6.07) is 15.4. The van der Waals surface area contributed by atoms with Crippen LogP contribution in [0.25, 0.3) is 0 Å². The van der Waals surface area contributed by atoms with Gasteiger partial charge in [0.25, 0.3) is 11.8 Å². The lowest BCUT2D eigenvalue weighted by molar-refractivity contribution is 0.0772. The third kappa shape index (κ3) is 3.79. The Morgan fingerprint density at radius 3 is 2.17 bits per heavy atom. The molecule has 0 radical (unpaired) electrons. The number of nitrogens with zero attached hydrogens (tertiary/aromatic N) is 2. The molecule has 0 unspecified atom stereocenters. The van der Waals surface area contributed by atoms with Crippen LogP contribution >= 0.6 is 0 Å². The molecule has 0 saturated carbocycles. The molecule has 2 amide bonds. The predicted molar refractivity (Wildman–Crippen MR) is 92.8 cm³/mol. The molecule has 5 heteroatoms. The maximum absolute atomic E-state index is 12.3. The summed E-state index contributed by atoms with van der Waals surface area (Å²) in [5.74, 6) is -0.374. The number of rotatable bonds is 5. The minimum absolute atomic E-state index is 0.0539. The zero-order chi connectivity index (χ0) is 17.5. The standard InChI is InChI=1S/C19H19N3O2/c1-3-22(4-2)19(24)15-11-9-14(10-12-15)18(23)21-17-8-6-5-7-16(17)13-20/h5-12H,3-4H2,1-2H3,(H,21,23). The second kappa shape index (κ2) is 7.93. The van der Waals surface area contributed by atoms with E-state index in [0.717, 1.165) is 0 Å². The smallest absolute Gasteiger partial charge is 0.255 e. The van der Waals surface area contributed by atoms with Crippen LogP contribution in [-0.2, 0) is 0 Å². The number of carbonyl (C=O) groups excluding carboxylic acids is 2. The first-order chi connectivity index (χ1) is 11.6. The van der Waals surface area contributed by atoms with Crippen LogP contribution in [0, 0.1) is 11.3 Å². The summed E-state index contributed by atoms with van der Waals surface area (Å²) in [5.41, 5.74) is 1.85. The van der Waals surface area contributed by atoms with Crippen LogP contribution < -0.4 is 5.32 Å². The Morgan fingerprint density at radius 1 is 1.00 bits per heavy atom. The van der Waals surface area contributed by atoms with E-state index in [4.69, 9.17) is 5.26 Å². The fraction of sp³-hybridized carbons (Fsp3) is 0.211. The molecule has 1 N–H and O–H groups in total. The number of para-hydroxylation sites is 1. The van der Waals surface area contributed by atoms with Crippen LogP contribution in [0.15, 0.2) is 48.5 Å². The average molecular weight is 321 g/mol. The molecule has 0 saturated heterocycles. The van der Waals surface area contributed by atoms with E-state index < -0.39 is 0 Å². The Hall–Kier alpha value is -3.13. The highest BCUT2D eigenvalue weighted by Gasteiger charge is 2.14. The van der Waals surface area contributed by atoms with Crippen molar-refractivity contribution < 1.29 is 9.59 Å². The second-order valence-corrected chi connectivity index (χ2v) is 5.17. The zero-order valence-corrected chi connectivity index (χ0v) is 13.7. The molecule has 0 aliphatic heterocycles. The van der Waals surface area contributed by atoms with Gasteiger partial charge in [0.15, 0.2) is 0 Å². The third-order valence-corrected chi connectivity index (χ3v) is 3.74. The van der Waals surface area contributed by atoms with Crippen molar-refractivity contribution in [3.05, 3.63) is 65.2 Å². The summed E-state index contributed by atoms with van der Waals surface area (Å²) in [5, 5.41) is 11.8. The van der Waals surface area contributed by atoms with Gasteiger partial charge in [-0.3, -0.25) is 9.59 Å². The molecule has 0 spiro atoms. The summed E-state index contributed by atoms with van der Waals surface area (Å²) in [4.78, 5) is 26.3. The maximum Gasteiger partial charge on any atom is 0.255 e. The minimum atomic E-state index is -0.320. The van der Waals surface area contributed by atoms with E-state index in [1.54, 1.807) is 53.4 Å². The molecule has 0 aliphatic rings. The monoisotopic (exact) mass is 321 g/mol. The fourth-order valence-electron chi connectivity index (χ4n) is 2.34. The molecule has 24 heavy (non-hydrogen) atoms. The van der Waals surface area contributed by atoms with E-state index in [9.17, 15) is 9.59 Å². The van der Waals surface area contributed by atoms with Crippen molar-refractivity contribution in [2.45, 2.75) is 13.8 Å². The van der Waals surface area contributed by atoms with E-state index >= 15 is 0 Å². The fourth-order valence-corrected chi connectivity index (χ4v) is 2.34. The number of nitriles is 1. The first kappa shape index (κ1) is 17.2. The molecule has 122 valence electrons. The molecule has 0 fully saturated rings. The summed E-state index contributed by atoms with van der Waals surface area (Å²) < 4.78 is 0. The number of amides is 2.